The molecule has 0 aromatic carbocycles. The van der Waals surface area contributed by atoms with Gasteiger partial charge in [0, 0.05) is 20.6 Å². The first-order chi connectivity index (χ1) is 9.16. The van der Waals surface area contributed by atoms with E-state index in [2.05, 4.69) is 20.8 Å². The third-order valence-electron chi connectivity index (χ3n) is 3.31. The molecule has 1 fully saturated rings. The van der Waals surface area contributed by atoms with E-state index >= 15 is 0 Å². The number of hydrogen-bond acceptors (Lipinski definition) is 5. The second-order valence-electron chi connectivity index (χ2n) is 5.08. The van der Waals surface area contributed by atoms with Crippen molar-refractivity contribution in [2.75, 3.05) is 39.0 Å². The average Bonchev–Trinajstić information content (AvgIpc) is 2.92. The third kappa shape index (κ3) is 3.89. The first-order valence-electron chi connectivity index (χ1n) is 6.67. The lowest BCUT2D eigenvalue weighted by atomic mass is 10.1. The van der Waals surface area contributed by atoms with Crippen molar-refractivity contribution in [3.8, 4) is 0 Å². The number of nitrogens with one attached hydrogen (secondary N) is 2. The van der Waals surface area contributed by atoms with E-state index in [1.807, 2.05) is 0 Å². The molecule has 0 saturated carbocycles. The molecule has 1 atom stereocenters. The van der Waals surface area contributed by atoms with Crippen molar-refractivity contribution in [1.82, 2.24) is 20.4 Å². The molecule has 0 spiro atoms. The Bertz CT molecular complexity index is 412. The molecule has 2 N–H and O–H groups in total. The van der Waals surface area contributed by atoms with E-state index in [1.165, 1.54) is 11.3 Å². The van der Waals surface area contributed by atoms with Gasteiger partial charge in [0.25, 0.3) is 5.91 Å². The largest absolute Gasteiger partial charge is 0.369 e. The summed E-state index contributed by atoms with van der Waals surface area (Å²) in [6.45, 7) is 3.14. The predicted molar refractivity (Wildman–Crippen MR) is 74.1 cm³/mol. The van der Waals surface area contributed by atoms with E-state index in [0.717, 1.165) is 37.8 Å². The van der Waals surface area contributed by atoms with E-state index in [9.17, 15) is 4.79 Å². The molecular formula is C13H21N5O. The maximum absolute atomic E-state index is 11.6. The summed E-state index contributed by atoms with van der Waals surface area (Å²) in [6, 6.07) is 3.51. The zero-order chi connectivity index (χ0) is 13.7. The van der Waals surface area contributed by atoms with Crippen LogP contribution < -0.4 is 10.6 Å². The maximum atomic E-state index is 11.6. The summed E-state index contributed by atoms with van der Waals surface area (Å²) in [4.78, 5) is 13.1. The standard InChI is InChI=1S/C13H21N5O/c1-18(2)13(19)11-3-4-12(17-16-11)15-8-6-10-5-7-14-9-10/h3-4,10,14H,5-9H2,1-2H3,(H,15,17). The molecule has 0 radical (unpaired) electrons. The summed E-state index contributed by atoms with van der Waals surface area (Å²) in [6.07, 6.45) is 2.39. The molecule has 1 saturated heterocycles. The Hall–Kier alpha value is -1.69. The highest BCUT2D eigenvalue weighted by atomic mass is 16.2. The summed E-state index contributed by atoms with van der Waals surface area (Å²) in [7, 11) is 3.40. The van der Waals surface area contributed by atoms with Crippen LogP contribution >= 0.6 is 0 Å². The van der Waals surface area contributed by atoms with Gasteiger partial charge in [-0.2, -0.15) is 0 Å². The van der Waals surface area contributed by atoms with Crippen molar-refractivity contribution in [2.24, 2.45) is 5.92 Å². The molecule has 0 bridgehead atoms. The van der Waals surface area contributed by atoms with Gasteiger partial charge in [-0.05, 0) is 44.0 Å². The van der Waals surface area contributed by atoms with Crippen molar-refractivity contribution in [1.29, 1.82) is 0 Å². The molecular weight excluding hydrogens is 242 g/mol. The fourth-order valence-corrected chi connectivity index (χ4v) is 2.13. The van der Waals surface area contributed by atoms with Gasteiger partial charge in [-0.3, -0.25) is 4.79 Å². The topological polar surface area (TPSA) is 70.2 Å². The van der Waals surface area contributed by atoms with Crippen LogP contribution in [-0.2, 0) is 0 Å². The van der Waals surface area contributed by atoms with Crippen LogP contribution in [0.25, 0.3) is 0 Å². The first-order valence-corrected chi connectivity index (χ1v) is 6.67. The van der Waals surface area contributed by atoms with Gasteiger partial charge in [0.1, 0.15) is 5.82 Å². The molecule has 6 nitrogen and oxygen atoms in total. The molecule has 0 aliphatic carbocycles. The van der Waals surface area contributed by atoms with Crippen LogP contribution in [0.15, 0.2) is 12.1 Å². The van der Waals surface area contributed by atoms with Crippen molar-refractivity contribution >= 4 is 11.7 Å². The number of aromatic nitrogens is 2. The smallest absolute Gasteiger partial charge is 0.273 e. The quantitative estimate of drug-likeness (QED) is 0.813. The molecule has 19 heavy (non-hydrogen) atoms. The number of carbonyl (C=O) groups excluding carboxylic acids is 1. The normalized spacial score (nSPS) is 18.3. The minimum atomic E-state index is -0.129. The lowest BCUT2D eigenvalue weighted by molar-refractivity contribution is 0.0821. The van der Waals surface area contributed by atoms with Gasteiger partial charge in [0.05, 0.1) is 0 Å². The van der Waals surface area contributed by atoms with Crippen molar-refractivity contribution in [3.05, 3.63) is 17.8 Å². The zero-order valence-corrected chi connectivity index (χ0v) is 11.5. The number of rotatable bonds is 5. The van der Waals surface area contributed by atoms with Gasteiger partial charge in [-0.1, -0.05) is 0 Å². The van der Waals surface area contributed by atoms with E-state index in [-0.39, 0.29) is 5.91 Å². The van der Waals surface area contributed by atoms with E-state index in [0.29, 0.717) is 5.69 Å². The van der Waals surface area contributed by atoms with Crippen molar-refractivity contribution in [3.63, 3.8) is 0 Å². The lowest BCUT2D eigenvalue weighted by Crippen LogP contribution is -2.23. The summed E-state index contributed by atoms with van der Waals surface area (Å²) >= 11 is 0. The third-order valence-corrected chi connectivity index (χ3v) is 3.31. The van der Waals surface area contributed by atoms with Crippen LogP contribution in [0.2, 0.25) is 0 Å². The van der Waals surface area contributed by atoms with E-state index in [1.54, 1.807) is 26.2 Å². The molecule has 104 valence electrons. The highest BCUT2D eigenvalue weighted by Gasteiger charge is 2.14. The Morgan fingerprint density at radius 3 is 2.89 bits per heavy atom. The van der Waals surface area contributed by atoms with Gasteiger partial charge in [0.2, 0.25) is 0 Å². The van der Waals surface area contributed by atoms with Gasteiger partial charge >= 0.3 is 0 Å². The molecule has 1 aromatic heterocycles. The molecule has 2 heterocycles. The molecule has 2 rings (SSSR count). The molecule has 1 aromatic rings. The number of anilines is 1. The van der Waals surface area contributed by atoms with Gasteiger partial charge < -0.3 is 15.5 Å². The molecule has 1 amide bonds. The summed E-state index contributed by atoms with van der Waals surface area (Å²) in [5.74, 6) is 1.35. The van der Waals surface area contributed by atoms with Gasteiger partial charge in [0.15, 0.2) is 5.69 Å². The monoisotopic (exact) mass is 263 g/mol. The fraction of sp³-hybridized carbons (Fsp3) is 0.615. The first kappa shape index (κ1) is 13.7. The lowest BCUT2D eigenvalue weighted by Gasteiger charge is -2.11. The van der Waals surface area contributed by atoms with Crippen LogP contribution in [0, 0.1) is 5.92 Å². The Morgan fingerprint density at radius 2 is 2.32 bits per heavy atom. The number of nitrogens with zero attached hydrogens (tertiary/aromatic N) is 3. The fourth-order valence-electron chi connectivity index (χ4n) is 2.13. The highest BCUT2D eigenvalue weighted by molar-refractivity contribution is 5.91. The Balaban J connectivity index is 1.79. The Kier molecular flexibility index (Phi) is 4.68. The summed E-state index contributed by atoms with van der Waals surface area (Å²) in [5.41, 5.74) is 0.371. The Morgan fingerprint density at radius 1 is 1.47 bits per heavy atom. The van der Waals surface area contributed by atoms with Gasteiger partial charge in [-0.25, -0.2) is 0 Å². The Labute approximate surface area is 113 Å². The van der Waals surface area contributed by atoms with Crippen molar-refractivity contribution < 1.29 is 4.79 Å². The minimum absolute atomic E-state index is 0.129. The summed E-state index contributed by atoms with van der Waals surface area (Å²) < 4.78 is 0. The molecule has 1 unspecified atom stereocenters. The second kappa shape index (κ2) is 6.47. The average molecular weight is 263 g/mol. The van der Waals surface area contributed by atoms with E-state index in [4.69, 9.17) is 0 Å². The number of carbonyl (C=O) groups is 1. The highest BCUT2D eigenvalue weighted by Crippen LogP contribution is 2.12. The van der Waals surface area contributed by atoms with Crippen molar-refractivity contribution in [2.45, 2.75) is 12.8 Å². The number of amides is 1. The van der Waals surface area contributed by atoms with E-state index < -0.39 is 0 Å². The summed E-state index contributed by atoms with van der Waals surface area (Å²) in [5, 5.41) is 14.6. The SMILES string of the molecule is CN(C)C(=O)c1ccc(NCCC2CCNC2)nn1. The number of hydrogen-bond donors (Lipinski definition) is 2. The van der Waals surface area contributed by atoms with Crippen LogP contribution in [-0.4, -0.2) is 54.7 Å². The predicted octanol–water partition coefficient (Wildman–Crippen LogP) is 0.590. The van der Waals surface area contributed by atoms with Crippen LogP contribution in [0.5, 0.6) is 0 Å². The van der Waals surface area contributed by atoms with Crippen LogP contribution in [0.4, 0.5) is 5.82 Å². The van der Waals surface area contributed by atoms with Crippen LogP contribution in [0.3, 0.4) is 0 Å². The van der Waals surface area contributed by atoms with Gasteiger partial charge in [-0.15, -0.1) is 10.2 Å². The molecule has 1 aliphatic rings. The zero-order valence-electron chi connectivity index (χ0n) is 11.5. The molecule has 6 heteroatoms. The minimum Gasteiger partial charge on any atom is -0.369 e. The van der Waals surface area contributed by atoms with Crippen LogP contribution in [0.1, 0.15) is 23.3 Å². The second-order valence-corrected chi connectivity index (χ2v) is 5.08. The molecule has 1 aliphatic heterocycles. The maximum Gasteiger partial charge on any atom is 0.273 e.